The average Bonchev–Trinajstić information content (AvgIpc) is 1.69. The number of nitrogens with two attached hydrogens (primary N) is 3. The number of esters is 3. The van der Waals surface area contributed by atoms with Gasteiger partial charge < -0.3 is 47.4 Å². The molecule has 9 aromatic rings. The van der Waals surface area contributed by atoms with Crippen LogP contribution < -0.4 is 33.2 Å². The van der Waals surface area contributed by atoms with Crippen LogP contribution in [0.3, 0.4) is 0 Å². The van der Waals surface area contributed by atoms with Gasteiger partial charge in [-0.05, 0) is 33.4 Å². The summed E-state index contributed by atoms with van der Waals surface area (Å²) in [5, 5.41) is 7.23. The zero-order chi connectivity index (χ0) is 83.0. The van der Waals surface area contributed by atoms with E-state index < -0.39 is 106 Å². The number of hydrogen-bond acceptors (Lipinski definition) is 29. The summed E-state index contributed by atoms with van der Waals surface area (Å²) < 4.78 is 18.6. The third-order valence-electron chi connectivity index (χ3n) is 18.3. The number of nitrogens with one attached hydrogen (secondary N) is 3. The van der Waals surface area contributed by atoms with Crippen LogP contribution >= 0.6 is 141 Å². The maximum atomic E-state index is 13.5. The van der Waals surface area contributed by atoms with Crippen LogP contribution in [0.15, 0.2) is 229 Å². The number of aromatic nitrogens is 3. The van der Waals surface area contributed by atoms with E-state index >= 15 is 0 Å². The standard InChI is InChI=1S/C26H21Cl2N5O4S2.2C26H22ClN5O4S3/c1-30-17(16-21(28)39-26(29)32-16)22(34)31-18-23(35)33-19(15(27)12-38-24(18)33)25(36)37-20(13-8-4-2-5-9-13)14-10-6-3-7-11-14;2*1-29-17(16-21(27)39-26(28)31-16)22(33)30-18-23(34)32-19(15(37)12-38-24(18)32)25(35)36-20(13-8-4-2-5-9-13)14-10-6-3-7-11-14/h2-11,18,20,24H,12H2,1H3,(H2,29,32)(H,31,34);2*2-11,18,20,24,37H,12H2,1H3,(H2,28,31)(H,30,33)/t3*18-,24?/m111/s1. The van der Waals surface area contributed by atoms with E-state index in [1.807, 2.05) is 182 Å². The average molecular weight is 1800 g/mol. The van der Waals surface area contributed by atoms with Crippen molar-refractivity contribution in [2.24, 2.45) is 15.0 Å². The Hall–Kier alpha value is -10.0. The highest BCUT2D eigenvalue weighted by Gasteiger charge is 2.58. The molecule has 6 atom stereocenters. The number of anilines is 3. The number of ether oxygens (including phenoxy) is 3. The molecule has 6 aliphatic rings. The number of β-lactam (4-membered cyclic amide) rings is 3. The van der Waals surface area contributed by atoms with Gasteiger partial charge in [-0.1, -0.05) is 262 Å². The second-order valence-electron chi connectivity index (χ2n) is 25.5. The molecule has 27 nitrogen and oxygen atoms in total. The fourth-order valence-electron chi connectivity index (χ4n) is 13.0. The fraction of sp³-hybridized carbons (Fsp3) is 0.192. The first-order valence-electron chi connectivity index (χ1n) is 35.0. The summed E-state index contributed by atoms with van der Waals surface area (Å²) in [6.07, 6.45) is -2.09. The van der Waals surface area contributed by atoms with Crippen molar-refractivity contribution in [3.63, 3.8) is 0 Å². The van der Waals surface area contributed by atoms with E-state index in [0.29, 0.717) is 21.3 Å². The van der Waals surface area contributed by atoms with Crippen molar-refractivity contribution >= 4 is 227 Å². The molecule has 6 aromatic carbocycles. The molecule has 0 saturated carbocycles. The smallest absolute Gasteiger partial charge is 0.357 e. The maximum absolute atomic E-state index is 13.5. The van der Waals surface area contributed by atoms with E-state index in [1.54, 1.807) is 0 Å². The summed E-state index contributed by atoms with van der Waals surface area (Å²) in [7, 11) is 4.26. The van der Waals surface area contributed by atoms with Gasteiger partial charge in [0.15, 0.2) is 50.8 Å². The number of carbonyl (C=O) groups excluding carboxylic acids is 9. The minimum atomic E-state index is -0.916. The lowest BCUT2D eigenvalue weighted by Crippen LogP contribution is -2.71. The highest BCUT2D eigenvalue weighted by Crippen LogP contribution is 2.47. The normalized spacial score (nSPS) is 19.0. The third-order valence-corrected chi connectivity index (χ3v) is 27.1. The Morgan fingerprint density at radius 3 is 0.863 bits per heavy atom. The molecule has 600 valence electrons. The van der Waals surface area contributed by atoms with Gasteiger partial charge in [0, 0.05) is 48.2 Å². The number of fused-ring (bicyclic) bond motifs is 3. The molecule has 6 amide bonds. The summed E-state index contributed by atoms with van der Waals surface area (Å²) in [4.78, 5) is 148. The van der Waals surface area contributed by atoms with Crippen LogP contribution in [0, 0.1) is 0 Å². The van der Waals surface area contributed by atoms with Crippen molar-refractivity contribution in [1.82, 2.24) is 45.6 Å². The number of thioether (sulfide) groups is 3. The Balaban J connectivity index is 0.000000152. The molecule has 117 heavy (non-hydrogen) atoms. The van der Waals surface area contributed by atoms with Crippen LogP contribution in [-0.2, 0) is 57.4 Å². The number of halogens is 4. The molecular formula is C78H65Cl4N15O12S8. The van der Waals surface area contributed by atoms with Gasteiger partial charge in [-0.3, -0.25) is 58.4 Å². The SMILES string of the molecule is CN=C(C(=O)N[C@@H]1C(=O)N2C(C(=O)OC(c3ccccc3)c3ccccc3)=C(Cl)CSC12)c1nc(N)sc1Cl.CN=C(C(=O)N[C@@H]1C(=O)N2C(C(=O)OC(c3ccccc3)c3ccccc3)=C(S)CSC12)c1nc(N)sc1Cl.CN=C(C(=O)N[C@@H]1C(=O)N2C(C(=O)OC(c3ccccc3)c3ccccc3)=C(S)CSC12)c1nc(N)sc1Cl. The van der Waals surface area contributed by atoms with Gasteiger partial charge in [0.05, 0.1) is 5.03 Å². The molecule has 0 bridgehead atoms. The molecule has 39 heteroatoms. The van der Waals surface area contributed by atoms with Gasteiger partial charge in [-0.15, -0.1) is 60.5 Å². The van der Waals surface area contributed by atoms with Gasteiger partial charge in [-0.25, -0.2) is 29.3 Å². The maximum Gasteiger partial charge on any atom is 0.357 e. The van der Waals surface area contributed by atoms with Crippen molar-refractivity contribution in [1.29, 1.82) is 0 Å². The second-order valence-corrected chi connectivity index (χ2v) is 35.2. The molecule has 3 unspecified atom stereocenters. The summed E-state index contributed by atoms with van der Waals surface area (Å²) >= 11 is 41.1. The lowest BCUT2D eigenvalue weighted by Gasteiger charge is -2.49. The van der Waals surface area contributed by atoms with Crippen molar-refractivity contribution in [2.45, 2.75) is 52.6 Å². The molecule has 6 aliphatic heterocycles. The monoisotopic (exact) mass is 1800 g/mol. The fourth-order valence-corrected chi connectivity index (χ4v) is 20.5. The van der Waals surface area contributed by atoms with Gasteiger partial charge in [0.25, 0.3) is 35.4 Å². The van der Waals surface area contributed by atoms with Crippen molar-refractivity contribution in [3.8, 4) is 0 Å². The number of benzene rings is 6. The Kier molecular flexibility index (Phi) is 27.4. The first-order chi connectivity index (χ1) is 56.4. The summed E-state index contributed by atoms with van der Waals surface area (Å²) in [6.45, 7) is 0. The van der Waals surface area contributed by atoms with E-state index in [2.05, 4.69) is 71.1 Å². The predicted molar refractivity (Wildman–Crippen MR) is 464 cm³/mol. The highest BCUT2D eigenvalue weighted by atomic mass is 35.5. The van der Waals surface area contributed by atoms with Crippen molar-refractivity contribution in [2.75, 3.05) is 55.6 Å². The number of amides is 6. The van der Waals surface area contributed by atoms with E-state index in [-0.39, 0.29) is 90.5 Å². The quantitative estimate of drug-likeness (QED) is 0.0109. The number of nitrogen functional groups attached to an aromatic ring is 3. The Labute approximate surface area is 724 Å². The number of rotatable bonds is 21. The Morgan fingerprint density at radius 2 is 0.632 bits per heavy atom. The molecule has 0 aliphatic carbocycles. The van der Waals surface area contributed by atoms with Crippen molar-refractivity contribution < 1.29 is 57.4 Å². The molecule has 3 fully saturated rings. The largest absolute Gasteiger partial charge is 0.448 e. The molecule has 3 saturated heterocycles. The van der Waals surface area contributed by atoms with Crippen LogP contribution in [0.5, 0.6) is 0 Å². The molecule has 0 radical (unpaired) electrons. The number of nitrogens with zero attached hydrogens (tertiary/aromatic N) is 9. The number of carbonyl (C=O) groups is 9. The topological polar surface area (TPSA) is 381 Å². The molecular weight excluding hydrogens is 1740 g/mol. The van der Waals surface area contributed by atoms with E-state index in [0.717, 1.165) is 67.4 Å². The minimum absolute atomic E-state index is 0.0347. The van der Waals surface area contributed by atoms with Gasteiger partial charge in [0.2, 0.25) is 0 Å². The lowest BCUT2D eigenvalue weighted by molar-refractivity contribution is -0.154. The molecule has 9 N–H and O–H groups in total. The number of thiazole rings is 3. The van der Waals surface area contributed by atoms with Crippen LogP contribution in [0.4, 0.5) is 15.4 Å². The molecule has 15 rings (SSSR count). The predicted octanol–water partition coefficient (Wildman–Crippen LogP) is 11.3. The summed E-state index contributed by atoms with van der Waals surface area (Å²) in [6, 6.07) is 53.3. The van der Waals surface area contributed by atoms with Crippen LogP contribution in [0.25, 0.3) is 0 Å². The first kappa shape index (κ1) is 84.9. The zero-order valence-corrected chi connectivity index (χ0v) is 70.9. The summed E-state index contributed by atoms with van der Waals surface area (Å²) in [5.74, 6) is -4.42. The van der Waals surface area contributed by atoms with Crippen LogP contribution in [0.2, 0.25) is 13.0 Å². The number of aliphatic imine (C=N–C) groups is 3. The number of thiol groups is 2. The molecule has 0 spiro atoms. The van der Waals surface area contributed by atoms with Crippen LogP contribution in [-0.4, -0.2) is 173 Å². The Morgan fingerprint density at radius 1 is 0.402 bits per heavy atom. The van der Waals surface area contributed by atoms with E-state index in [9.17, 15) is 43.2 Å². The van der Waals surface area contributed by atoms with Crippen LogP contribution in [0.1, 0.15) is 68.8 Å². The second kappa shape index (κ2) is 37.7. The van der Waals surface area contributed by atoms with Crippen molar-refractivity contribution in [3.05, 3.63) is 277 Å². The van der Waals surface area contributed by atoms with Gasteiger partial charge in [-0.2, -0.15) is 0 Å². The molecule has 9 heterocycles. The lowest BCUT2D eigenvalue weighted by atomic mass is 10.0. The Bertz CT molecular complexity index is 4910. The zero-order valence-electron chi connectivity index (χ0n) is 61.1. The minimum Gasteiger partial charge on any atom is -0.448 e. The highest BCUT2D eigenvalue weighted by molar-refractivity contribution is 8.02. The van der Waals surface area contributed by atoms with Gasteiger partial charge >= 0.3 is 17.9 Å². The first-order valence-corrected chi connectivity index (χ1v) is 43.0. The van der Waals surface area contributed by atoms with E-state index in [1.165, 1.54) is 71.1 Å². The number of hydrogen-bond donors (Lipinski definition) is 8. The third kappa shape index (κ3) is 18.2. The van der Waals surface area contributed by atoms with E-state index in [4.69, 9.17) is 77.8 Å². The summed E-state index contributed by atoms with van der Waals surface area (Å²) in [5.41, 5.74) is 22.2. The molecule has 3 aromatic heterocycles. The van der Waals surface area contributed by atoms with Gasteiger partial charge in [0.1, 0.15) is 81.4 Å².